The monoisotopic (exact) mass is 1160 g/mol. The molecular formula is C32H44N15O23P4S+. The minimum atomic E-state index is -6.14. The number of H-pyrrole nitrogens is 2. The molecule has 0 spiro atoms. The van der Waals surface area contributed by atoms with E-state index in [-0.39, 0.29) is 51.2 Å². The lowest BCUT2D eigenvalue weighted by molar-refractivity contribution is -0.745. The lowest BCUT2D eigenvalue weighted by atomic mass is 10.1. The number of aromatic amines is 2. The smallest absolute Gasteiger partial charge is 0.387 e. The van der Waals surface area contributed by atoms with Gasteiger partial charge in [-0.3, -0.25) is 46.8 Å². The number of ether oxygens (including phenoxy) is 4. The number of aliphatic hydroxyl groups is 4. The van der Waals surface area contributed by atoms with Gasteiger partial charge in [-0.1, -0.05) is 4.98 Å². The number of phosphoric ester groups is 2. The Morgan fingerprint density at radius 3 is 1.96 bits per heavy atom. The maximum absolute atomic E-state index is 13.2. The van der Waals surface area contributed by atoms with Gasteiger partial charge in [-0.15, -0.1) is 0 Å². The molecule has 0 saturated carbocycles. The number of aromatic nitrogens is 12. The van der Waals surface area contributed by atoms with Gasteiger partial charge in [-0.25, -0.2) is 38.2 Å². The Bertz CT molecular complexity index is 3470. The molecule has 0 aliphatic carbocycles. The third kappa shape index (κ3) is 11.1. The molecule has 9 rings (SSSR count). The van der Waals surface area contributed by atoms with Crippen LogP contribution in [0.1, 0.15) is 18.7 Å². The number of nitrogens with zero attached hydrogens (tertiary/aromatic N) is 10. The van der Waals surface area contributed by atoms with Gasteiger partial charge in [-0.05, 0) is 11.8 Å². The molecule has 0 bridgehead atoms. The molecule has 3 fully saturated rings. The van der Waals surface area contributed by atoms with E-state index in [1.165, 1.54) is 22.5 Å². The number of imidazole rings is 3. The number of hydrogen-bond acceptors (Lipinski definition) is 29. The van der Waals surface area contributed by atoms with Crippen LogP contribution < -0.4 is 32.9 Å². The van der Waals surface area contributed by atoms with Crippen LogP contribution >= 0.6 is 30.2 Å². The van der Waals surface area contributed by atoms with Crippen LogP contribution in [-0.2, 0) is 78.2 Å². The Kier molecular flexibility index (Phi) is 15.1. The van der Waals surface area contributed by atoms with Gasteiger partial charge in [0, 0.05) is 7.11 Å². The van der Waals surface area contributed by atoms with Gasteiger partial charge in [0.25, 0.3) is 17.1 Å². The first-order chi connectivity index (χ1) is 35.2. The van der Waals surface area contributed by atoms with Crippen LogP contribution in [0.2, 0.25) is 0 Å². The first-order valence-electron chi connectivity index (χ1n) is 21.2. The van der Waals surface area contributed by atoms with Crippen molar-refractivity contribution in [3.8, 4) is 0 Å². The Labute approximate surface area is 420 Å². The van der Waals surface area contributed by atoms with Gasteiger partial charge in [0.15, 0.2) is 41.4 Å². The maximum atomic E-state index is 13.2. The van der Waals surface area contributed by atoms with Crippen molar-refractivity contribution in [3.63, 3.8) is 0 Å². The largest absolute Gasteiger partial charge is 0.490 e. The molecule has 3 aliphatic heterocycles. The highest BCUT2D eigenvalue weighted by atomic mass is 32.5. The number of nitrogens with one attached hydrogen (secondary N) is 2. The lowest BCUT2D eigenvalue weighted by Crippen LogP contribution is -2.46. The molecule has 16 N–H and O–H groups in total. The standard InChI is InChI=1S/C32H43N15O23P4S/c1-44-9-47(25-15(44)27(53)43-32(35)41-25)29-19(51)16(48)10(66-29)3-62-71(54,55)69-73(58,59)70-72(56,57)63-5-12-20(61-2)21(30(67-12)45-7-38-13-22(33)36-6-37-23(13)45)68-74(60,75)64-4-11-17(49)18(50)28(65-11)46-8-39-14-24(46)40-31(34)42-26(14)52/h6-12,16-21,28-30,48-51H,3-5H2,1-2H3,(H11-,33,34,35,36,37,40,41,42,43,52,53,54,55,56,57,58,59,60,75)/p+1/t10-,11-,12-,16-,17-,18-,19-,20-,21-,28-,29-,30-,74?/m1/s1. The second kappa shape index (κ2) is 20.6. The SMILES string of the molecule is CO[C@H]1[C@@H](OP(O)(=S)OC[C@H]2O[C@@H](n3cnc4c(=O)[nH]c(N)nc43)[C@H](O)[C@@H]2O)[C@H](n2cnc3c(N)ncnc32)O[C@@H]1COP(=O)(O)OP(=O)(O)OP(=O)(O)OC[C@H]1O[C@@H]([n+]2cn(C)c3c(=O)[nH]c(N)nc32)[C@H](O)[C@@H]1O. The van der Waals surface area contributed by atoms with Crippen molar-refractivity contribution >= 4 is 93.2 Å². The van der Waals surface area contributed by atoms with Gasteiger partial charge >= 0.3 is 35.8 Å². The zero-order valence-electron chi connectivity index (χ0n) is 38.0. The quantitative estimate of drug-likeness (QED) is 0.0268. The molecule has 0 radical (unpaired) electrons. The van der Waals surface area contributed by atoms with E-state index in [1.807, 2.05) is 0 Å². The second-order valence-corrected chi connectivity index (χ2v) is 23.9. The summed E-state index contributed by atoms with van der Waals surface area (Å²) < 4.78 is 96.3. The number of aryl methyl sites for hydroxylation is 1. The summed E-state index contributed by atoms with van der Waals surface area (Å²) in [7, 11) is -15.2. The summed E-state index contributed by atoms with van der Waals surface area (Å²) in [5, 5.41) is 43.3. The number of methoxy groups -OCH3 is 1. The van der Waals surface area contributed by atoms with Gasteiger partial charge in [0.2, 0.25) is 17.7 Å². The summed E-state index contributed by atoms with van der Waals surface area (Å²) >= 11 is 5.31. The fourth-order valence-electron chi connectivity index (χ4n) is 8.31. The van der Waals surface area contributed by atoms with E-state index in [9.17, 15) is 63.3 Å². The summed E-state index contributed by atoms with van der Waals surface area (Å²) in [4.78, 5) is 96.2. The van der Waals surface area contributed by atoms with E-state index in [0.717, 1.165) is 35.2 Å². The molecule has 43 heteroatoms. The zero-order valence-corrected chi connectivity index (χ0v) is 42.4. The van der Waals surface area contributed by atoms with Crippen LogP contribution in [0.15, 0.2) is 34.9 Å². The van der Waals surface area contributed by atoms with E-state index in [1.54, 1.807) is 0 Å². The predicted molar refractivity (Wildman–Crippen MR) is 246 cm³/mol. The van der Waals surface area contributed by atoms with Crippen molar-refractivity contribution in [3.05, 3.63) is 46.0 Å². The van der Waals surface area contributed by atoms with Crippen molar-refractivity contribution in [1.82, 2.24) is 53.6 Å². The van der Waals surface area contributed by atoms with Crippen LogP contribution in [0.25, 0.3) is 33.5 Å². The number of rotatable bonds is 19. The van der Waals surface area contributed by atoms with Crippen molar-refractivity contribution in [2.45, 2.75) is 73.6 Å². The van der Waals surface area contributed by atoms with Gasteiger partial charge in [0.1, 0.15) is 66.8 Å². The topological polar surface area (TPSA) is 545 Å². The third-order valence-corrected chi connectivity index (χ3v) is 17.4. The Hall–Kier alpha value is -4.73. The van der Waals surface area contributed by atoms with E-state index >= 15 is 0 Å². The van der Waals surface area contributed by atoms with Crippen molar-refractivity contribution < 1.29 is 104 Å². The van der Waals surface area contributed by atoms with Crippen LogP contribution in [0.5, 0.6) is 0 Å². The molecule has 410 valence electrons. The minimum Gasteiger partial charge on any atom is -0.387 e. The van der Waals surface area contributed by atoms with Gasteiger partial charge < -0.3 is 80.7 Å². The zero-order chi connectivity index (χ0) is 54.3. The normalized spacial score (nSPS) is 30.5. The average molecular weight is 1160 g/mol. The molecule has 75 heavy (non-hydrogen) atoms. The second-order valence-electron chi connectivity index (χ2n) is 16.5. The van der Waals surface area contributed by atoms with Gasteiger partial charge in [-0.2, -0.15) is 13.6 Å². The van der Waals surface area contributed by atoms with Crippen LogP contribution in [0, 0.1) is 0 Å². The molecular weight excluding hydrogens is 1120 g/mol. The molecule has 3 aliphatic rings. The fraction of sp³-hybridized carbons (Fsp3) is 0.531. The highest BCUT2D eigenvalue weighted by Crippen LogP contribution is 2.68. The van der Waals surface area contributed by atoms with Crippen LogP contribution in [0.3, 0.4) is 0 Å². The van der Waals surface area contributed by atoms with E-state index in [2.05, 4.69) is 48.5 Å². The van der Waals surface area contributed by atoms with E-state index < -0.39 is 135 Å². The first kappa shape index (κ1) is 55.0. The van der Waals surface area contributed by atoms with Gasteiger partial charge in [0.05, 0.1) is 39.5 Å². The average Bonchev–Trinajstić information content (AvgIpc) is 4.17. The highest BCUT2D eigenvalue weighted by molar-refractivity contribution is 8.07. The third-order valence-electron chi connectivity index (χ3n) is 11.6. The summed E-state index contributed by atoms with van der Waals surface area (Å²) in [6.07, 6.45) is -14.6. The molecule has 3 saturated heterocycles. The number of anilines is 3. The summed E-state index contributed by atoms with van der Waals surface area (Å²) in [5.74, 6) is -0.662. The molecule has 4 unspecified atom stereocenters. The molecule has 9 heterocycles. The summed E-state index contributed by atoms with van der Waals surface area (Å²) in [6, 6.07) is 0. The molecule has 6 aromatic heterocycles. The van der Waals surface area contributed by atoms with Crippen LogP contribution in [0.4, 0.5) is 17.7 Å². The molecule has 0 amide bonds. The fourth-order valence-corrected chi connectivity index (χ4v) is 13.2. The van der Waals surface area contributed by atoms with E-state index in [4.69, 9.17) is 66.1 Å². The Balaban J connectivity index is 0.848. The summed E-state index contributed by atoms with van der Waals surface area (Å²) in [5.41, 5.74) is 15.7. The lowest BCUT2D eigenvalue weighted by Gasteiger charge is -2.28. The number of aliphatic hydroxyl groups excluding tert-OH is 4. The number of nitrogens with two attached hydrogens (primary N) is 3. The number of hydrogen-bond donors (Lipinski definition) is 13. The van der Waals surface area contributed by atoms with Crippen LogP contribution in [-0.4, -0.2) is 175 Å². The number of phosphoric acid groups is 3. The van der Waals surface area contributed by atoms with Crippen molar-refractivity contribution in [2.24, 2.45) is 7.05 Å². The van der Waals surface area contributed by atoms with Crippen molar-refractivity contribution in [1.29, 1.82) is 0 Å². The molecule has 6 aromatic rings. The van der Waals surface area contributed by atoms with E-state index in [0.29, 0.717) is 0 Å². The Morgan fingerprint density at radius 2 is 1.28 bits per heavy atom. The minimum absolute atomic E-state index is 0.0112. The highest BCUT2D eigenvalue weighted by Gasteiger charge is 2.53. The molecule has 0 aromatic carbocycles. The molecule has 16 atom stereocenters. The Morgan fingerprint density at radius 1 is 0.707 bits per heavy atom. The molecule has 38 nitrogen and oxygen atoms in total. The summed E-state index contributed by atoms with van der Waals surface area (Å²) in [6.45, 7) is -7.53. The predicted octanol–water partition coefficient (Wildman–Crippen LogP) is -4.59. The number of nitrogen functional groups attached to an aromatic ring is 3. The first-order valence-corrected chi connectivity index (χ1v) is 28.2. The van der Waals surface area contributed by atoms with Crippen molar-refractivity contribution in [2.75, 3.05) is 44.1 Å². The number of fused-ring (bicyclic) bond motifs is 3. The maximum Gasteiger partial charge on any atom is 0.490 e.